The summed E-state index contributed by atoms with van der Waals surface area (Å²) in [7, 11) is 0. The molecule has 0 amide bonds. The fourth-order valence-electron chi connectivity index (χ4n) is 7.98. The first-order chi connectivity index (χ1) is 26.8. The lowest BCUT2D eigenvalue weighted by Crippen LogP contribution is -2.10. The summed E-state index contributed by atoms with van der Waals surface area (Å²) in [6, 6.07) is 65.7. The van der Waals surface area contributed by atoms with Gasteiger partial charge in [0.15, 0.2) is 5.58 Å². The molecule has 0 unspecified atom stereocenters. The number of furan rings is 1. The van der Waals surface area contributed by atoms with Crippen molar-refractivity contribution in [1.29, 1.82) is 0 Å². The zero-order valence-corrected chi connectivity index (χ0v) is 29.1. The van der Waals surface area contributed by atoms with E-state index in [9.17, 15) is 0 Å². The van der Waals surface area contributed by atoms with Crippen LogP contribution in [0.15, 0.2) is 197 Å². The maximum atomic E-state index is 6.62. The molecule has 0 bridgehead atoms. The molecule has 0 saturated carbocycles. The second kappa shape index (κ2) is 12.1. The van der Waals surface area contributed by atoms with E-state index in [1.54, 1.807) is 0 Å². The van der Waals surface area contributed by atoms with Crippen LogP contribution < -0.4 is 4.90 Å². The maximum Gasteiger partial charge on any atom is 0.227 e. The molecule has 0 aliphatic heterocycles. The third-order valence-electron chi connectivity index (χ3n) is 10.4. The molecular weight excluding hydrogens is 663 g/mol. The van der Waals surface area contributed by atoms with Crippen molar-refractivity contribution in [2.45, 2.75) is 0 Å². The number of rotatable bonds is 6. The third-order valence-corrected chi connectivity index (χ3v) is 10.4. The van der Waals surface area contributed by atoms with Gasteiger partial charge in [0.05, 0.1) is 22.1 Å². The topological polar surface area (TPSA) is 47.3 Å². The Morgan fingerprint density at radius 2 is 1.11 bits per heavy atom. The number of nitrogens with zero attached hydrogens (tertiary/aromatic N) is 3. The minimum atomic E-state index is 0.594. The lowest BCUT2D eigenvalue weighted by Gasteiger charge is -2.26. The van der Waals surface area contributed by atoms with Crippen LogP contribution in [-0.2, 0) is 0 Å². The molecule has 254 valence electrons. The van der Waals surface area contributed by atoms with E-state index >= 15 is 0 Å². The Balaban J connectivity index is 1.14. The van der Waals surface area contributed by atoms with Crippen LogP contribution in [-0.4, -0.2) is 9.55 Å². The molecule has 3 heterocycles. The quantitative estimate of drug-likeness (QED) is 0.174. The number of benzene rings is 8. The minimum Gasteiger partial charge on any atom is -0.456 e. The zero-order chi connectivity index (χ0) is 35.6. The predicted molar refractivity (Wildman–Crippen MR) is 221 cm³/mol. The van der Waals surface area contributed by atoms with Gasteiger partial charge < -0.3 is 18.3 Å². The Labute approximate surface area is 310 Å². The van der Waals surface area contributed by atoms with Crippen LogP contribution in [0.5, 0.6) is 0 Å². The molecule has 54 heavy (non-hydrogen) atoms. The molecule has 0 N–H and O–H groups in total. The molecule has 0 saturated heterocycles. The van der Waals surface area contributed by atoms with E-state index in [-0.39, 0.29) is 0 Å². The number of hydrogen-bond acceptors (Lipinski definition) is 4. The predicted octanol–water partition coefficient (Wildman–Crippen LogP) is 13.6. The van der Waals surface area contributed by atoms with Gasteiger partial charge >= 0.3 is 0 Å². The van der Waals surface area contributed by atoms with Gasteiger partial charge in [-0.1, -0.05) is 103 Å². The van der Waals surface area contributed by atoms with Crippen LogP contribution in [0.25, 0.3) is 83.1 Å². The van der Waals surface area contributed by atoms with Crippen molar-refractivity contribution in [3.05, 3.63) is 188 Å². The zero-order valence-electron chi connectivity index (χ0n) is 29.1. The number of aromatic nitrogens is 2. The lowest BCUT2D eigenvalue weighted by atomic mass is 10.0. The highest BCUT2D eigenvalue weighted by Gasteiger charge is 2.23. The van der Waals surface area contributed by atoms with Crippen molar-refractivity contribution in [2.24, 2.45) is 0 Å². The van der Waals surface area contributed by atoms with E-state index < -0.39 is 0 Å². The van der Waals surface area contributed by atoms with Crippen LogP contribution >= 0.6 is 0 Å². The summed E-state index contributed by atoms with van der Waals surface area (Å²) in [6.07, 6.45) is 0. The molecule has 0 aliphatic rings. The summed E-state index contributed by atoms with van der Waals surface area (Å²) in [5, 5.41) is 4.26. The number of para-hydroxylation sites is 2. The van der Waals surface area contributed by atoms with E-state index in [0.717, 1.165) is 77.9 Å². The fraction of sp³-hybridized carbons (Fsp3) is 0. The van der Waals surface area contributed by atoms with Crippen LogP contribution in [0.1, 0.15) is 0 Å². The van der Waals surface area contributed by atoms with Crippen molar-refractivity contribution in [3.63, 3.8) is 0 Å². The lowest BCUT2D eigenvalue weighted by molar-refractivity contribution is 0.622. The van der Waals surface area contributed by atoms with Crippen molar-refractivity contribution in [3.8, 4) is 28.3 Å². The molecule has 0 atom stereocenters. The van der Waals surface area contributed by atoms with Crippen molar-refractivity contribution in [1.82, 2.24) is 9.55 Å². The normalized spacial score (nSPS) is 11.7. The summed E-state index contributed by atoms with van der Waals surface area (Å²) in [5.74, 6) is 0.594. The highest BCUT2D eigenvalue weighted by atomic mass is 16.4. The smallest absolute Gasteiger partial charge is 0.227 e. The van der Waals surface area contributed by atoms with Crippen LogP contribution in [0, 0.1) is 0 Å². The SMILES string of the molecule is c1ccc(-c2ccc(N(c3ccc4c(c3)oc3ccc5nc(-c6ccccc6)oc5c34)c3cccc4c3c3ccccc3n4-c3ccccc3)cc2)cc1. The summed E-state index contributed by atoms with van der Waals surface area (Å²) >= 11 is 0. The Hall–Kier alpha value is -7.37. The molecule has 11 rings (SSSR count). The molecule has 0 radical (unpaired) electrons. The molecule has 0 aliphatic carbocycles. The van der Waals surface area contributed by atoms with Gasteiger partial charge in [0, 0.05) is 44.9 Å². The monoisotopic (exact) mass is 693 g/mol. The molecule has 11 aromatic rings. The van der Waals surface area contributed by atoms with E-state index in [4.69, 9.17) is 13.8 Å². The Bertz CT molecular complexity index is 3140. The van der Waals surface area contributed by atoms with E-state index in [0.29, 0.717) is 5.89 Å². The largest absolute Gasteiger partial charge is 0.456 e. The summed E-state index contributed by atoms with van der Waals surface area (Å²) < 4.78 is 15.4. The van der Waals surface area contributed by atoms with Crippen LogP contribution in [0.3, 0.4) is 0 Å². The van der Waals surface area contributed by atoms with Crippen molar-refractivity contribution < 1.29 is 8.83 Å². The van der Waals surface area contributed by atoms with Gasteiger partial charge in [0.2, 0.25) is 5.89 Å². The molecule has 0 spiro atoms. The van der Waals surface area contributed by atoms with Gasteiger partial charge in [-0.25, -0.2) is 4.98 Å². The second-order valence-electron chi connectivity index (χ2n) is 13.6. The molecule has 3 aromatic heterocycles. The van der Waals surface area contributed by atoms with Crippen molar-refractivity contribution in [2.75, 3.05) is 4.90 Å². The number of fused-ring (bicyclic) bond motifs is 8. The van der Waals surface area contributed by atoms with E-state index in [2.05, 4.69) is 155 Å². The maximum absolute atomic E-state index is 6.62. The van der Waals surface area contributed by atoms with Crippen molar-refractivity contribution >= 4 is 71.9 Å². The van der Waals surface area contributed by atoms with E-state index in [1.165, 1.54) is 16.3 Å². The minimum absolute atomic E-state index is 0.594. The highest BCUT2D eigenvalue weighted by molar-refractivity contribution is 6.18. The second-order valence-corrected chi connectivity index (χ2v) is 13.6. The fourth-order valence-corrected chi connectivity index (χ4v) is 7.98. The summed E-state index contributed by atoms with van der Waals surface area (Å²) in [4.78, 5) is 7.18. The van der Waals surface area contributed by atoms with Gasteiger partial charge in [-0.3, -0.25) is 0 Å². The molecule has 5 nitrogen and oxygen atoms in total. The van der Waals surface area contributed by atoms with Gasteiger partial charge in [-0.15, -0.1) is 0 Å². The van der Waals surface area contributed by atoms with Gasteiger partial charge in [0.25, 0.3) is 0 Å². The Morgan fingerprint density at radius 3 is 1.91 bits per heavy atom. The summed E-state index contributed by atoms with van der Waals surface area (Å²) in [5.41, 5.74) is 12.9. The standard InChI is InChI=1S/C49H31N3O2/c1-4-13-32(14-5-1)33-23-25-36(26-24-33)51(42-21-12-22-43-46(42)38-19-10-11-20-41(38)52(43)35-17-8-3-9-18-35)37-27-28-39-45(31-37)53-44-30-29-40-48(47(39)44)54-49(50-40)34-15-6-2-7-16-34/h1-31H. The number of anilines is 3. The third kappa shape index (κ3) is 4.76. The average Bonchev–Trinajstić information content (AvgIpc) is 3.94. The Kier molecular flexibility index (Phi) is 6.79. The average molecular weight is 694 g/mol. The van der Waals surface area contributed by atoms with E-state index in [1.807, 2.05) is 42.5 Å². The Morgan fingerprint density at radius 1 is 0.444 bits per heavy atom. The highest BCUT2D eigenvalue weighted by Crippen LogP contribution is 2.46. The number of oxazole rings is 1. The van der Waals surface area contributed by atoms with Gasteiger partial charge in [-0.2, -0.15) is 0 Å². The first-order valence-corrected chi connectivity index (χ1v) is 18.1. The first-order valence-electron chi connectivity index (χ1n) is 18.1. The molecular formula is C49H31N3O2. The van der Waals surface area contributed by atoms with Gasteiger partial charge in [0.1, 0.15) is 16.7 Å². The molecule has 0 fully saturated rings. The number of hydrogen-bond donors (Lipinski definition) is 0. The summed E-state index contributed by atoms with van der Waals surface area (Å²) in [6.45, 7) is 0. The first kappa shape index (κ1) is 30.3. The molecule has 8 aromatic carbocycles. The molecule has 5 heteroatoms. The van der Waals surface area contributed by atoms with Crippen LogP contribution in [0.2, 0.25) is 0 Å². The van der Waals surface area contributed by atoms with Gasteiger partial charge in [-0.05, 0) is 90.0 Å². The van der Waals surface area contributed by atoms with Crippen LogP contribution in [0.4, 0.5) is 17.1 Å².